The van der Waals surface area contributed by atoms with Gasteiger partial charge in [0, 0.05) is 25.7 Å². The minimum absolute atomic E-state index is 0.0775. The van der Waals surface area contributed by atoms with Gasteiger partial charge in [-0.25, -0.2) is 8.42 Å². The molecule has 5 nitrogen and oxygen atoms in total. The number of nitrogens with zero attached hydrogens (tertiary/aromatic N) is 2. The van der Waals surface area contributed by atoms with Crippen LogP contribution in [0.3, 0.4) is 0 Å². The summed E-state index contributed by atoms with van der Waals surface area (Å²) in [7, 11) is -1.06. The molecule has 6 heteroatoms. The molecule has 1 atom stereocenters. The molecule has 0 aromatic rings. The predicted molar refractivity (Wildman–Crippen MR) is 75.2 cm³/mol. The maximum atomic E-state index is 12.3. The van der Waals surface area contributed by atoms with E-state index in [-0.39, 0.29) is 11.8 Å². The Morgan fingerprint density at radius 3 is 2.67 bits per heavy atom. The van der Waals surface area contributed by atoms with E-state index in [9.17, 15) is 8.42 Å². The first-order valence-corrected chi connectivity index (χ1v) is 8.47. The molecule has 0 radical (unpaired) electrons. The van der Waals surface area contributed by atoms with E-state index in [1.54, 1.807) is 4.31 Å². The molecule has 0 aromatic carbocycles. The van der Waals surface area contributed by atoms with Gasteiger partial charge in [-0.3, -0.25) is 0 Å². The quantitative estimate of drug-likeness (QED) is 0.712. The number of sulfonamides is 1. The summed E-state index contributed by atoms with van der Waals surface area (Å²) in [6.45, 7) is 7.96. The van der Waals surface area contributed by atoms with Crippen molar-refractivity contribution in [1.29, 1.82) is 0 Å². The van der Waals surface area contributed by atoms with E-state index in [2.05, 4.69) is 24.2 Å². The number of hydrogen-bond acceptors (Lipinski definition) is 4. The summed E-state index contributed by atoms with van der Waals surface area (Å²) in [4.78, 5) is 2.20. The van der Waals surface area contributed by atoms with Crippen molar-refractivity contribution >= 4 is 10.0 Å². The van der Waals surface area contributed by atoms with Crippen LogP contribution in [0.25, 0.3) is 0 Å². The van der Waals surface area contributed by atoms with Crippen LogP contribution in [0.4, 0.5) is 0 Å². The van der Waals surface area contributed by atoms with Crippen LogP contribution in [-0.4, -0.2) is 69.2 Å². The first kappa shape index (κ1) is 15.9. The molecule has 0 bridgehead atoms. The van der Waals surface area contributed by atoms with Crippen LogP contribution < -0.4 is 5.32 Å². The van der Waals surface area contributed by atoms with Gasteiger partial charge in [0.05, 0.1) is 5.75 Å². The average Bonchev–Trinajstić information content (AvgIpc) is 2.46. The average molecular weight is 277 g/mol. The van der Waals surface area contributed by atoms with Crippen molar-refractivity contribution in [1.82, 2.24) is 14.5 Å². The Morgan fingerprint density at radius 2 is 2.00 bits per heavy atom. The van der Waals surface area contributed by atoms with Gasteiger partial charge in [0.1, 0.15) is 0 Å². The van der Waals surface area contributed by atoms with E-state index < -0.39 is 10.0 Å². The molecule has 1 N–H and O–H groups in total. The fourth-order valence-corrected chi connectivity index (χ4v) is 4.04. The van der Waals surface area contributed by atoms with Crippen LogP contribution in [0.1, 0.15) is 26.7 Å². The van der Waals surface area contributed by atoms with E-state index in [0.717, 1.165) is 32.5 Å². The molecule has 0 spiro atoms. The van der Waals surface area contributed by atoms with Crippen molar-refractivity contribution in [2.24, 2.45) is 0 Å². The van der Waals surface area contributed by atoms with E-state index in [1.165, 1.54) is 0 Å². The molecule has 1 aliphatic rings. The number of likely N-dealkylation sites (N-methyl/N-ethyl adjacent to an activating group) is 1. The Labute approximate surface area is 112 Å². The standard InChI is InChI=1S/C12H27N3O2S/c1-4-6-13-7-10-18(16,17)15-9-5-8-14(3)11-12(15)2/h12-13H,4-11H2,1-3H3. The molecule has 0 aromatic heterocycles. The van der Waals surface area contributed by atoms with Gasteiger partial charge in [-0.2, -0.15) is 4.31 Å². The van der Waals surface area contributed by atoms with Crippen molar-refractivity contribution in [3.63, 3.8) is 0 Å². The predicted octanol–water partition coefficient (Wildman–Crippen LogP) is 0.342. The van der Waals surface area contributed by atoms with Crippen molar-refractivity contribution in [2.45, 2.75) is 32.7 Å². The molecule has 108 valence electrons. The van der Waals surface area contributed by atoms with Gasteiger partial charge in [0.25, 0.3) is 0 Å². The van der Waals surface area contributed by atoms with Crippen molar-refractivity contribution in [3.05, 3.63) is 0 Å². The maximum Gasteiger partial charge on any atom is 0.215 e. The molecule has 18 heavy (non-hydrogen) atoms. The van der Waals surface area contributed by atoms with Gasteiger partial charge in [0.2, 0.25) is 10.0 Å². The summed E-state index contributed by atoms with van der Waals surface area (Å²) in [5.41, 5.74) is 0. The Kier molecular flexibility index (Phi) is 6.55. The Morgan fingerprint density at radius 1 is 1.28 bits per heavy atom. The Bertz CT molecular complexity index is 332. The molecular weight excluding hydrogens is 250 g/mol. The summed E-state index contributed by atoms with van der Waals surface area (Å²) >= 11 is 0. The highest BCUT2D eigenvalue weighted by Crippen LogP contribution is 2.13. The molecule has 0 saturated carbocycles. The molecule has 0 aliphatic carbocycles. The van der Waals surface area contributed by atoms with E-state index in [0.29, 0.717) is 13.1 Å². The zero-order valence-corrected chi connectivity index (χ0v) is 12.7. The highest BCUT2D eigenvalue weighted by Gasteiger charge is 2.29. The molecule has 1 rings (SSSR count). The lowest BCUT2D eigenvalue weighted by molar-refractivity contribution is 0.290. The fourth-order valence-electron chi connectivity index (χ4n) is 2.38. The zero-order valence-electron chi connectivity index (χ0n) is 11.9. The maximum absolute atomic E-state index is 12.3. The van der Waals surface area contributed by atoms with Crippen molar-refractivity contribution < 1.29 is 8.42 Å². The lowest BCUT2D eigenvalue weighted by Crippen LogP contribution is -2.44. The smallest absolute Gasteiger partial charge is 0.215 e. The molecular formula is C12H27N3O2S. The minimum Gasteiger partial charge on any atom is -0.316 e. The molecule has 1 aliphatic heterocycles. The van der Waals surface area contributed by atoms with Crippen LogP contribution in [0, 0.1) is 0 Å². The zero-order chi connectivity index (χ0) is 13.6. The number of rotatable bonds is 6. The van der Waals surface area contributed by atoms with E-state index >= 15 is 0 Å². The van der Waals surface area contributed by atoms with Crippen molar-refractivity contribution in [3.8, 4) is 0 Å². The Hall–Kier alpha value is -0.170. The third-order valence-corrected chi connectivity index (χ3v) is 5.28. The lowest BCUT2D eigenvalue weighted by Gasteiger charge is -2.27. The number of nitrogens with one attached hydrogen (secondary N) is 1. The number of hydrogen-bond donors (Lipinski definition) is 1. The van der Waals surface area contributed by atoms with E-state index in [4.69, 9.17) is 0 Å². The van der Waals surface area contributed by atoms with Gasteiger partial charge in [-0.15, -0.1) is 0 Å². The highest BCUT2D eigenvalue weighted by atomic mass is 32.2. The summed E-state index contributed by atoms with van der Waals surface area (Å²) in [5.74, 6) is 0.209. The summed E-state index contributed by atoms with van der Waals surface area (Å²) in [5, 5.41) is 3.15. The molecule has 1 fully saturated rings. The van der Waals surface area contributed by atoms with E-state index in [1.807, 2.05) is 6.92 Å². The second-order valence-corrected chi connectivity index (χ2v) is 7.18. The van der Waals surface area contributed by atoms with Gasteiger partial charge in [-0.05, 0) is 39.9 Å². The van der Waals surface area contributed by atoms with Crippen LogP contribution >= 0.6 is 0 Å². The summed E-state index contributed by atoms with van der Waals surface area (Å²) in [6.07, 6.45) is 1.95. The van der Waals surface area contributed by atoms with Gasteiger partial charge < -0.3 is 10.2 Å². The monoisotopic (exact) mass is 277 g/mol. The molecule has 1 heterocycles. The first-order valence-electron chi connectivity index (χ1n) is 6.86. The van der Waals surface area contributed by atoms with Gasteiger partial charge in [0.15, 0.2) is 0 Å². The van der Waals surface area contributed by atoms with Crippen molar-refractivity contribution in [2.75, 3.05) is 45.5 Å². The molecule has 1 unspecified atom stereocenters. The fraction of sp³-hybridized carbons (Fsp3) is 1.00. The van der Waals surface area contributed by atoms with Gasteiger partial charge in [-0.1, -0.05) is 6.92 Å². The normalized spacial score (nSPS) is 24.1. The second kappa shape index (κ2) is 7.43. The SMILES string of the molecule is CCCNCCS(=O)(=O)N1CCCN(C)CC1C. The first-order chi connectivity index (χ1) is 8.47. The highest BCUT2D eigenvalue weighted by molar-refractivity contribution is 7.89. The Balaban J connectivity index is 2.54. The van der Waals surface area contributed by atoms with Crippen LogP contribution in [0.5, 0.6) is 0 Å². The van der Waals surface area contributed by atoms with Crippen LogP contribution in [0.2, 0.25) is 0 Å². The van der Waals surface area contributed by atoms with Gasteiger partial charge >= 0.3 is 0 Å². The largest absolute Gasteiger partial charge is 0.316 e. The lowest BCUT2D eigenvalue weighted by atomic mass is 10.3. The molecule has 1 saturated heterocycles. The minimum atomic E-state index is -3.12. The second-order valence-electron chi connectivity index (χ2n) is 5.14. The van der Waals surface area contributed by atoms with Crippen LogP contribution in [-0.2, 0) is 10.0 Å². The summed E-state index contributed by atoms with van der Waals surface area (Å²) in [6, 6.07) is 0.0775. The summed E-state index contributed by atoms with van der Waals surface area (Å²) < 4.78 is 26.3. The molecule has 0 amide bonds. The topological polar surface area (TPSA) is 52.7 Å². The third-order valence-electron chi connectivity index (χ3n) is 3.31. The van der Waals surface area contributed by atoms with Crippen LogP contribution in [0.15, 0.2) is 0 Å². The third kappa shape index (κ3) is 4.84.